The molecule has 0 radical (unpaired) electrons. The van der Waals surface area contributed by atoms with Gasteiger partial charge in [-0.2, -0.15) is 0 Å². The van der Waals surface area contributed by atoms with Crippen molar-refractivity contribution in [3.8, 4) is 0 Å². The summed E-state index contributed by atoms with van der Waals surface area (Å²) in [6.07, 6.45) is 3.28. The van der Waals surface area contributed by atoms with Crippen LogP contribution in [0.5, 0.6) is 0 Å². The number of non-ortho nitro benzene ring substituents is 1. The van der Waals surface area contributed by atoms with Gasteiger partial charge >= 0.3 is 0 Å². The van der Waals surface area contributed by atoms with Crippen molar-refractivity contribution in [2.75, 3.05) is 19.6 Å². The van der Waals surface area contributed by atoms with Crippen molar-refractivity contribution in [2.24, 2.45) is 5.92 Å². The number of amides is 1. The van der Waals surface area contributed by atoms with Crippen LogP contribution in [0.2, 0.25) is 0 Å². The second-order valence-electron chi connectivity index (χ2n) is 5.18. The lowest BCUT2D eigenvalue weighted by atomic mass is 9.96. The first-order chi connectivity index (χ1) is 10.1. The molecule has 6 nitrogen and oxygen atoms in total. The summed E-state index contributed by atoms with van der Waals surface area (Å²) in [6, 6.07) is 4.19. The molecule has 1 amide bonds. The van der Waals surface area contributed by atoms with Gasteiger partial charge in [-0.3, -0.25) is 14.9 Å². The number of piperidine rings is 1. The third-order valence-electron chi connectivity index (χ3n) is 3.64. The topological polar surface area (TPSA) is 84.3 Å². The molecule has 0 aliphatic carbocycles. The second kappa shape index (κ2) is 7.51. The van der Waals surface area contributed by atoms with E-state index in [9.17, 15) is 14.9 Å². The van der Waals surface area contributed by atoms with Crippen LogP contribution < -0.4 is 10.6 Å². The van der Waals surface area contributed by atoms with Gasteiger partial charge in [-0.1, -0.05) is 0 Å². The fourth-order valence-electron chi connectivity index (χ4n) is 2.46. The fraction of sp³-hybridized carbons (Fsp3) is 0.500. The van der Waals surface area contributed by atoms with Crippen LogP contribution in [0.15, 0.2) is 22.7 Å². The number of rotatable bonds is 5. The molecule has 0 bridgehead atoms. The average molecular weight is 356 g/mol. The molecule has 21 heavy (non-hydrogen) atoms. The summed E-state index contributed by atoms with van der Waals surface area (Å²) in [5.74, 6) is 0.307. The standard InChI is InChI=1S/C14H18BrN3O3/c15-13-4-3-11(18(20)21)8-12(13)14(19)17-7-5-10-2-1-6-16-9-10/h3-4,8,10,16H,1-2,5-7,9H2,(H,17,19). The van der Waals surface area contributed by atoms with E-state index in [0.717, 1.165) is 19.5 Å². The van der Waals surface area contributed by atoms with E-state index < -0.39 is 4.92 Å². The number of hydrogen-bond donors (Lipinski definition) is 2. The smallest absolute Gasteiger partial charge is 0.270 e. The van der Waals surface area contributed by atoms with Crippen LogP contribution in [0.3, 0.4) is 0 Å². The Morgan fingerprint density at radius 2 is 2.33 bits per heavy atom. The molecule has 1 atom stereocenters. The first-order valence-corrected chi connectivity index (χ1v) is 7.80. The van der Waals surface area contributed by atoms with Gasteiger partial charge < -0.3 is 10.6 Å². The summed E-state index contributed by atoms with van der Waals surface area (Å²) in [6.45, 7) is 2.65. The molecule has 1 saturated heterocycles. The molecular formula is C14H18BrN3O3. The van der Waals surface area contributed by atoms with Crippen LogP contribution in [-0.2, 0) is 0 Å². The molecule has 0 spiro atoms. The van der Waals surface area contributed by atoms with Crippen molar-refractivity contribution in [1.29, 1.82) is 0 Å². The summed E-state index contributed by atoms with van der Waals surface area (Å²) >= 11 is 3.26. The van der Waals surface area contributed by atoms with Gasteiger partial charge in [-0.05, 0) is 60.3 Å². The Morgan fingerprint density at radius 3 is 3.00 bits per heavy atom. The highest BCUT2D eigenvalue weighted by Crippen LogP contribution is 2.22. The number of nitrogens with one attached hydrogen (secondary N) is 2. The summed E-state index contributed by atoms with van der Waals surface area (Å²) in [4.78, 5) is 22.4. The largest absolute Gasteiger partial charge is 0.352 e. The number of halogens is 1. The zero-order valence-electron chi connectivity index (χ0n) is 11.6. The first-order valence-electron chi connectivity index (χ1n) is 7.01. The summed E-state index contributed by atoms with van der Waals surface area (Å²) in [5, 5.41) is 16.9. The Balaban J connectivity index is 1.90. The highest BCUT2D eigenvalue weighted by Gasteiger charge is 2.16. The number of nitro benzene ring substituents is 1. The minimum absolute atomic E-state index is 0.0835. The van der Waals surface area contributed by atoms with Crippen molar-refractivity contribution in [3.05, 3.63) is 38.3 Å². The highest BCUT2D eigenvalue weighted by molar-refractivity contribution is 9.10. The lowest BCUT2D eigenvalue weighted by Crippen LogP contribution is -2.33. The molecule has 1 unspecified atom stereocenters. The minimum Gasteiger partial charge on any atom is -0.352 e. The van der Waals surface area contributed by atoms with E-state index in [0.29, 0.717) is 22.5 Å². The van der Waals surface area contributed by atoms with E-state index in [4.69, 9.17) is 0 Å². The molecule has 2 N–H and O–H groups in total. The Hall–Kier alpha value is -1.47. The van der Waals surface area contributed by atoms with Gasteiger partial charge in [0.15, 0.2) is 0 Å². The zero-order valence-corrected chi connectivity index (χ0v) is 13.2. The van der Waals surface area contributed by atoms with E-state index in [1.807, 2.05) is 0 Å². The van der Waals surface area contributed by atoms with E-state index >= 15 is 0 Å². The molecule has 114 valence electrons. The molecule has 2 rings (SSSR count). The monoisotopic (exact) mass is 355 g/mol. The van der Waals surface area contributed by atoms with E-state index in [1.165, 1.54) is 31.0 Å². The summed E-state index contributed by atoms with van der Waals surface area (Å²) in [5.41, 5.74) is 0.214. The number of carbonyl (C=O) groups is 1. The lowest BCUT2D eigenvalue weighted by molar-refractivity contribution is -0.384. The summed E-state index contributed by atoms with van der Waals surface area (Å²) in [7, 11) is 0. The highest BCUT2D eigenvalue weighted by atomic mass is 79.9. The number of benzene rings is 1. The van der Waals surface area contributed by atoms with Crippen molar-refractivity contribution in [3.63, 3.8) is 0 Å². The van der Waals surface area contributed by atoms with E-state index in [1.54, 1.807) is 0 Å². The second-order valence-corrected chi connectivity index (χ2v) is 6.03. The third kappa shape index (κ3) is 4.50. The first kappa shape index (κ1) is 15.9. The Labute approximate surface area is 131 Å². The van der Waals surface area contributed by atoms with Crippen LogP contribution in [-0.4, -0.2) is 30.5 Å². The Bertz CT molecular complexity index is 530. The van der Waals surface area contributed by atoms with Crippen molar-refractivity contribution in [2.45, 2.75) is 19.3 Å². The Morgan fingerprint density at radius 1 is 1.52 bits per heavy atom. The molecule has 1 aromatic rings. The molecule has 7 heteroatoms. The number of nitro groups is 1. The van der Waals surface area contributed by atoms with Crippen molar-refractivity contribution >= 4 is 27.5 Å². The molecule has 0 saturated carbocycles. The average Bonchev–Trinajstić information content (AvgIpc) is 2.48. The third-order valence-corrected chi connectivity index (χ3v) is 4.33. The molecular weight excluding hydrogens is 338 g/mol. The molecule has 1 aliphatic heterocycles. The molecule has 1 fully saturated rings. The van der Waals surface area contributed by atoms with Crippen LogP contribution >= 0.6 is 15.9 Å². The summed E-state index contributed by atoms with van der Waals surface area (Å²) < 4.78 is 0.560. The molecule has 1 aromatic carbocycles. The maximum Gasteiger partial charge on any atom is 0.270 e. The number of nitrogens with zero attached hydrogens (tertiary/aromatic N) is 1. The SMILES string of the molecule is O=C(NCCC1CCCNC1)c1cc([N+](=O)[O-])ccc1Br. The zero-order chi connectivity index (χ0) is 15.2. The van der Waals surface area contributed by atoms with Crippen LogP contribution in [0.4, 0.5) is 5.69 Å². The fourth-order valence-corrected chi connectivity index (χ4v) is 2.88. The van der Waals surface area contributed by atoms with Crippen LogP contribution in [0.25, 0.3) is 0 Å². The molecule has 0 aromatic heterocycles. The Kier molecular flexibility index (Phi) is 5.69. The quantitative estimate of drug-likeness (QED) is 0.627. The van der Waals surface area contributed by atoms with Crippen molar-refractivity contribution < 1.29 is 9.72 Å². The van der Waals surface area contributed by atoms with Gasteiger partial charge in [0.25, 0.3) is 11.6 Å². The van der Waals surface area contributed by atoms with Gasteiger partial charge in [0, 0.05) is 23.2 Å². The predicted molar refractivity (Wildman–Crippen MR) is 83.3 cm³/mol. The molecule has 1 heterocycles. The number of hydrogen-bond acceptors (Lipinski definition) is 4. The maximum absolute atomic E-state index is 12.1. The van der Waals surface area contributed by atoms with Gasteiger partial charge in [0.1, 0.15) is 0 Å². The van der Waals surface area contributed by atoms with Gasteiger partial charge in [-0.25, -0.2) is 0 Å². The van der Waals surface area contributed by atoms with E-state index in [2.05, 4.69) is 26.6 Å². The van der Waals surface area contributed by atoms with Gasteiger partial charge in [-0.15, -0.1) is 0 Å². The van der Waals surface area contributed by atoms with Crippen molar-refractivity contribution in [1.82, 2.24) is 10.6 Å². The lowest BCUT2D eigenvalue weighted by Gasteiger charge is -2.22. The van der Waals surface area contributed by atoms with Crippen LogP contribution in [0, 0.1) is 16.0 Å². The normalized spacial score (nSPS) is 18.2. The number of carbonyl (C=O) groups excluding carboxylic acids is 1. The predicted octanol–water partition coefficient (Wildman–Crippen LogP) is 2.48. The van der Waals surface area contributed by atoms with Gasteiger partial charge in [0.05, 0.1) is 10.5 Å². The maximum atomic E-state index is 12.1. The molecule has 1 aliphatic rings. The van der Waals surface area contributed by atoms with Gasteiger partial charge in [0.2, 0.25) is 0 Å². The van der Waals surface area contributed by atoms with Crippen LogP contribution in [0.1, 0.15) is 29.6 Å². The van der Waals surface area contributed by atoms with E-state index in [-0.39, 0.29) is 11.6 Å². The minimum atomic E-state index is -0.503.